The number of nitrogens with one attached hydrogen (secondary N) is 1. The Kier molecular flexibility index (Phi) is 10.1. The van der Waals surface area contributed by atoms with Crippen LogP contribution >= 0.6 is 24.0 Å². The zero-order chi connectivity index (χ0) is 20.7. The first-order valence-electron chi connectivity index (χ1n) is 9.19. The summed E-state index contributed by atoms with van der Waals surface area (Å²) in [6, 6.07) is 6.13. The zero-order valence-electron chi connectivity index (χ0n) is 16.5. The fourth-order valence-corrected chi connectivity index (χ4v) is 3.38. The standard InChI is InChI=1S/C19H25F4N5.HI/c1-3-27(13-19(21,22)23)11-15-6-7-28(12-15)18(25-2)26-10-16-8-14(9-24)4-5-17(16)20;/h4-5,8,15H,3,6-7,10-13H2,1-2H3,(H,25,26);1H. The van der Waals surface area contributed by atoms with Gasteiger partial charge in [0, 0.05) is 38.8 Å². The highest BCUT2D eigenvalue weighted by Crippen LogP contribution is 2.21. The molecule has 10 heteroatoms. The van der Waals surface area contributed by atoms with Crippen molar-refractivity contribution >= 4 is 29.9 Å². The summed E-state index contributed by atoms with van der Waals surface area (Å²) in [5, 5.41) is 12.0. The van der Waals surface area contributed by atoms with Crippen LogP contribution < -0.4 is 5.32 Å². The predicted molar refractivity (Wildman–Crippen MR) is 115 cm³/mol. The lowest BCUT2D eigenvalue weighted by Crippen LogP contribution is -2.41. The molecule has 0 saturated carbocycles. The smallest absolute Gasteiger partial charge is 0.352 e. The maximum atomic E-state index is 13.9. The third-order valence-electron chi connectivity index (χ3n) is 4.78. The van der Waals surface area contributed by atoms with Crippen LogP contribution in [0.2, 0.25) is 0 Å². The molecule has 1 aromatic carbocycles. The summed E-state index contributed by atoms with van der Waals surface area (Å²) in [4.78, 5) is 7.58. The number of hydrogen-bond donors (Lipinski definition) is 1. The molecule has 1 atom stereocenters. The summed E-state index contributed by atoms with van der Waals surface area (Å²) in [5.74, 6) is 0.273. The van der Waals surface area contributed by atoms with Crippen molar-refractivity contribution in [3.8, 4) is 6.07 Å². The minimum atomic E-state index is -4.20. The molecule has 1 saturated heterocycles. The van der Waals surface area contributed by atoms with E-state index in [1.54, 1.807) is 14.0 Å². The number of halogens is 5. The predicted octanol–water partition coefficient (Wildman–Crippen LogP) is 3.60. The van der Waals surface area contributed by atoms with Gasteiger partial charge in [-0.2, -0.15) is 18.4 Å². The van der Waals surface area contributed by atoms with E-state index in [4.69, 9.17) is 5.26 Å². The normalized spacial score (nSPS) is 17.2. The molecule has 162 valence electrons. The van der Waals surface area contributed by atoms with E-state index in [0.717, 1.165) is 6.42 Å². The Hall–Kier alpha value is -1.61. The van der Waals surface area contributed by atoms with E-state index >= 15 is 0 Å². The van der Waals surface area contributed by atoms with Gasteiger partial charge in [0.25, 0.3) is 0 Å². The van der Waals surface area contributed by atoms with Crippen molar-refractivity contribution in [2.45, 2.75) is 26.1 Å². The summed E-state index contributed by atoms with van der Waals surface area (Å²) in [6.45, 7) is 2.98. The van der Waals surface area contributed by atoms with Gasteiger partial charge in [-0.15, -0.1) is 24.0 Å². The molecule has 0 spiro atoms. The Morgan fingerprint density at radius 2 is 2.14 bits per heavy atom. The molecule has 5 nitrogen and oxygen atoms in total. The van der Waals surface area contributed by atoms with Gasteiger partial charge in [0.1, 0.15) is 5.82 Å². The molecule has 1 unspecified atom stereocenters. The Morgan fingerprint density at radius 1 is 1.41 bits per heavy atom. The van der Waals surface area contributed by atoms with Gasteiger partial charge in [-0.1, -0.05) is 6.92 Å². The first-order valence-corrected chi connectivity index (χ1v) is 9.19. The molecule has 0 bridgehead atoms. The van der Waals surface area contributed by atoms with Crippen molar-refractivity contribution in [1.82, 2.24) is 15.1 Å². The third-order valence-corrected chi connectivity index (χ3v) is 4.78. The lowest BCUT2D eigenvalue weighted by atomic mass is 10.1. The molecular formula is C19H26F4IN5. The second-order valence-electron chi connectivity index (χ2n) is 6.86. The van der Waals surface area contributed by atoms with E-state index in [1.807, 2.05) is 11.0 Å². The van der Waals surface area contributed by atoms with Gasteiger partial charge in [-0.3, -0.25) is 9.89 Å². The summed E-state index contributed by atoms with van der Waals surface area (Å²) in [7, 11) is 1.61. The fraction of sp³-hybridized carbons (Fsp3) is 0.579. The molecule has 1 aliphatic rings. The van der Waals surface area contributed by atoms with Crippen LogP contribution in [0, 0.1) is 23.1 Å². The van der Waals surface area contributed by atoms with Crippen LogP contribution in [0.3, 0.4) is 0 Å². The number of nitrogens with zero attached hydrogens (tertiary/aromatic N) is 4. The maximum absolute atomic E-state index is 13.9. The Labute approximate surface area is 185 Å². The van der Waals surface area contributed by atoms with Gasteiger partial charge >= 0.3 is 6.18 Å². The highest BCUT2D eigenvalue weighted by molar-refractivity contribution is 14.0. The number of guanidine groups is 1. The molecule has 1 aromatic rings. The second kappa shape index (κ2) is 11.5. The average molecular weight is 527 g/mol. The van der Waals surface area contributed by atoms with Crippen LogP contribution in [0.15, 0.2) is 23.2 Å². The quantitative estimate of drug-likeness (QED) is 0.266. The number of hydrogen-bond acceptors (Lipinski definition) is 3. The number of aliphatic imine (C=N–C) groups is 1. The van der Waals surface area contributed by atoms with E-state index in [1.165, 1.54) is 23.1 Å². The third kappa shape index (κ3) is 7.97. The van der Waals surface area contributed by atoms with Gasteiger partial charge in [-0.25, -0.2) is 4.39 Å². The SMILES string of the molecule is CCN(CC1CCN(C(=NC)NCc2cc(C#N)ccc2F)C1)CC(F)(F)F.I. The topological polar surface area (TPSA) is 54.7 Å². The molecule has 1 aliphatic heterocycles. The molecule has 0 amide bonds. The van der Waals surface area contributed by atoms with Gasteiger partial charge < -0.3 is 10.2 Å². The first kappa shape index (κ1) is 25.4. The Morgan fingerprint density at radius 3 is 2.72 bits per heavy atom. The van der Waals surface area contributed by atoms with Crippen molar-refractivity contribution in [2.24, 2.45) is 10.9 Å². The number of nitriles is 1. The van der Waals surface area contributed by atoms with Gasteiger partial charge in [0.2, 0.25) is 0 Å². The largest absolute Gasteiger partial charge is 0.401 e. The molecule has 0 aromatic heterocycles. The van der Waals surface area contributed by atoms with Gasteiger partial charge in [-0.05, 0) is 37.1 Å². The van der Waals surface area contributed by atoms with Crippen LogP contribution in [-0.4, -0.2) is 61.7 Å². The van der Waals surface area contributed by atoms with Crippen LogP contribution in [0.25, 0.3) is 0 Å². The maximum Gasteiger partial charge on any atom is 0.401 e. The van der Waals surface area contributed by atoms with E-state index in [0.29, 0.717) is 43.3 Å². The van der Waals surface area contributed by atoms with Crippen molar-refractivity contribution in [2.75, 3.05) is 39.8 Å². The van der Waals surface area contributed by atoms with Crippen LogP contribution in [0.5, 0.6) is 0 Å². The van der Waals surface area contributed by atoms with Crippen molar-refractivity contribution in [3.63, 3.8) is 0 Å². The highest BCUT2D eigenvalue weighted by Gasteiger charge is 2.33. The van der Waals surface area contributed by atoms with E-state index in [9.17, 15) is 17.6 Å². The number of benzene rings is 1. The van der Waals surface area contributed by atoms with Crippen molar-refractivity contribution < 1.29 is 17.6 Å². The monoisotopic (exact) mass is 527 g/mol. The van der Waals surface area contributed by atoms with Crippen molar-refractivity contribution in [3.05, 3.63) is 35.1 Å². The molecule has 1 N–H and O–H groups in total. The molecule has 1 heterocycles. The van der Waals surface area contributed by atoms with E-state index in [-0.39, 0.29) is 36.4 Å². The lowest BCUT2D eigenvalue weighted by Gasteiger charge is -2.26. The zero-order valence-corrected chi connectivity index (χ0v) is 18.8. The van der Waals surface area contributed by atoms with Crippen LogP contribution in [0.1, 0.15) is 24.5 Å². The van der Waals surface area contributed by atoms with Gasteiger partial charge in [0.05, 0.1) is 18.2 Å². The summed E-state index contributed by atoms with van der Waals surface area (Å²) >= 11 is 0. The summed E-state index contributed by atoms with van der Waals surface area (Å²) in [5.41, 5.74) is 0.733. The first-order chi connectivity index (χ1) is 13.3. The summed E-state index contributed by atoms with van der Waals surface area (Å²) in [6.07, 6.45) is -3.43. The minimum absolute atomic E-state index is 0. The van der Waals surface area contributed by atoms with Crippen LogP contribution in [-0.2, 0) is 6.54 Å². The second-order valence-corrected chi connectivity index (χ2v) is 6.86. The van der Waals surface area contributed by atoms with E-state index in [2.05, 4.69) is 10.3 Å². The average Bonchev–Trinajstić information content (AvgIpc) is 3.10. The van der Waals surface area contributed by atoms with Crippen LogP contribution in [0.4, 0.5) is 17.6 Å². The van der Waals surface area contributed by atoms with E-state index < -0.39 is 18.5 Å². The summed E-state index contributed by atoms with van der Waals surface area (Å²) < 4.78 is 51.8. The number of likely N-dealkylation sites (tertiary alicyclic amines) is 1. The highest BCUT2D eigenvalue weighted by atomic mass is 127. The minimum Gasteiger partial charge on any atom is -0.352 e. The molecule has 2 rings (SSSR count). The van der Waals surface area contributed by atoms with Crippen molar-refractivity contribution in [1.29, 1.82) is 5.26 Å². The molecule has 1 fully saturated rings. The molecular weight excluding hydrogens is 501 g/mol. The van der Waals surface area contributed by atoms with Gasteiger partial charge in [0.15, 0.2) is 5.96 Å². The lowest BCUT2D eigenvalue weighted by molar-refractivity contribution is -0.146. The molecule has 0 aliphatic carbocycles. The Bertz CT molecular complexity index is 732. The molecule has 29 heavy (non-hydrogen) atoms. The molecule has 0 radical (unpaired) electrons. The number of alkyl halides is 3. The Balaban J connectivity index is 0.00000420. The number of rotatable bonds is 6. The fourth-order valence-electron chi connectivity index (χ4n) is 3.38.